The molecule has 4 aliphatic carbocycles. The van der Waals surface area contributed by atoms with Crippen LogP contribution in [0.1, 0.15) is 12.8 Å². The highest BCUT2D eigenvalue weighted by atomic mass is 16.6. The van der Waals surface area contributed by atoms with Crippen LogP contribution in [0.3, 0.4) is 0 Å². The minimum atomic E-state index is 0.775. The van der Waals surface area contributed by atoms with Gasteiger partial charge >= 0.3 is 0 Å². The molecular weight excluding hydrogens is 136 g/mol. The molecule has 58 valence electrons. The van der Waals surface area contributed by atoms with E-state index < -0.39 is 0 Å². The Labute approximate surface area is 66.1 Å². The fourth-order valence-corrected chi connectivity index (χ4v) is 5.29. The highest BCUT2D eigenvalue weighted by molar-refractivity contribution is 5.29. The van der Waals surface area contributed by atoms with Gasteiger partial charge in [-0.05, 0) is 48.3 Å². The Morgan fingerprint density at radius 2 is 1.36 bits per heavy atom. The number of rotatable bonds is 0. The Kier molecular flexibility index (Phi) is 0.486. The highest BCUT2D eigenvalue weighted by Gasteiger charge is 2.82. The van der Waals surface area contributed by atoms with Crippen molar-refractivity contribution in [3.63, 3.8) is 0 Å². The van der Waals surface area contributed by atoms with Crippen LogP contribution >= 0.6 is 0 Å². The molecule has 0 radical (unpaired) electrons. The zero-order valence-electron chi connectivity index (χ0n) is 6.44. The smallest absolute Gasteiger partial charge is 0.0878 e. The first-order valence-electron chi connectivity index (χ1n) is 5.12. The minimum absolute atomic E-state index is 0.775. The van der Waals surface area contributed by atoms with Gasteiger partial charge in [0.2, 0.25) is 0 Å². The number of epoxide rings is 1. The molecule has 0 amide bonds. The fraction of sp³-hybridized carbons (Fsp3) is 1.00. The van der Waals surface area contributed by atoms with Gasteiger partial charge in [0.05, 0.1) is 12.2 Å². The van der Waals surface area contributed by atoms with E-state index in [9.17, 15) is 0 Å². The molecular formula is C10H12O. The van der Waals surface area contributed by atoms with Crippen molar-refractivity contribution >= 4 is 0 Å². The molecule has 0 bridgehead atoms. The van der Waals surface area contributed by atoms with Crippen LogP contribution < -0.4 is 0 Å². The van der Waals surface area contributed by atoms with Gasteiger partial charge in [-0.1, -0.05) is 0 Å². The van der Waals surface area contributed by atoms with Crippen LogP contribution in [0, 0.1) is 35.5 Å². The van der Waals surface area contributed by atoms with Gasteiger partial charge < -0.3 is 4.74 Å². The Morgan fingerprint density at radius 1 is 0.727 bits per heavy atom. The maximum Gasteiger partial charge on any atom is 0.0878 e. The maximum absolute atomic E-state index is 5.72. The molecule has 5 rings (SSSR count). The first-order chi connectivity index (χ1) is 5.47. The molecule has 0 aromatic heterocycles. The minimum Gasteiger partial charge on any atom is -0.369 e. The lowest BCUT2D eigenvalue weighted by molar-refractivity contribution is -0.168. The molecule has 4 saturated carbocycles. The second kappa shape index (κ2) is 1.10. The summed E-state index contributed by atoms with van der Waals surface area (Å²) >= 11 is 0. The van der Waals surface area contributed by atoms with E-state index in [0.717, 1.165) is 35.9 Å². The largest absolute Gasteiger partial charge is 0.369 e. The van der Waals surface area contributed by atoms with Crippen LogP contribution in [-0.4, -0.2) is 12.2 Å². The number of hydrogen-bond donors (Lipinski definition) is 0. The van der Waals surface area contributed by atoms with Gasteiger partial charge in [0.15, 0.2) is 0 Å². The molecule has 5 fully saturated rings. The maximum atomic E-state index is 5.72. The zero-order chi connectivity index (χ0) is 6.74. The van der Waals surface area contributed by atoms with Gasteiger partial charge in [-0.2, -0.15) is 0 Å². The van der Waals surface area contributed by atoms with E-state index in [-0.39, 0.29) is 0 Å². The number of ether oxygens (including phenoxy) is 1. The average molecular weight is 148 g/mol. The van der Waals surface area contributed by atoms with Crippen molar-refractivity contribution in [3.8, 4) is 0 Å². The second-order valence-corrected chi connectivity index (χ2v) is 5.28. The van der Waals surface area contributed by atoms with Gasteiger partial charge in [-0.3, -0.25) is 0 Å². The highest BCUT2D eigenvalue weighted by Crippen LogP contribution is 2.81. The van der Waals surface area contributed by atoms with Gasteiger partial charge in [0.25, 0.3) is 0 Å². The van der Waals surface area contributed by atoms with Gasteiger partial charge in [0.1, 0.15) is 0 Å². The molecule has 1 nitrogen and oxygen atoms in total. The predicted octanol–water partition coefficient (Wildman–Crippen LogP) is 1.29. The quantitative estimate of drug-likeness (QED) is 0.471. The van der Waals surface area contributed by atoms with Crippen molar-refractivity contribution in [2.45, 2.75) is 25.0 Å². The lowest BCUT2D eigenvalue weighted by atomic mass is 9.44. The molecule has 1 heterocycles. The van der Waals surface area contributed by atoms with Crippen molar-refractivity contribution in [2.24, 2.45) is 35.5 Å². The fourth-order valence-electron chi connectivity index (χ4n) is 5.29. The topological polar surface area (TPSA) is 12.5 Å². The molecule has 0 aromatic carbocycles. The van der Waals surface area contributed by atoms with Crippen molar-refractivity contribution in [1.29, 1.82) is 0 Å². The van der Waals surface area contributed by atoms with Crippen molar-refractivity contribution in [2.75, 3.05) is 0 Å². The molecule has 5 aliphatic rings. The Balaban J connectivity index is 1.77. The Morgan fingerprint density at radius 3 is 2.00 bits per heavy atom. The van der Waals surface area contributed by atoms with Crippen LogP contribution in [0.25, 0.3) is 0 Å². The van der Waals surface area contributed by atoms with E-state index in [0.29, 0.717) is 0 Å². The summed E-state index contributed by atoms with van der Waals surface area (Å²) in [4.78, 5) is 0. The van der Waals surface area contributed by atoms with Crippen molar-refractivity contribution in [1.82, 2.24) is 0 Å². The molecule has 2 unspecified atom stereocenters. The van der Waals surface area contributed by atoms with Crippen LogP contribution in [-0.2, 0) is 4.74 Å². The summed E-state index contributed by atoms with van der Waals surface area (Å²) in [6, 6.07) is 0. The predicted molar refractivity (Wildman–Crippen MR) is 38.8 cm³/mol. The summed E-state index contributed by atoms with van der Waals surface area (Å²) in [6.07, 6.45) is 4.66. The normalized spacial score (nSPS) is 85.1. The molecule has 0 N–H and O–H groups in total. The van der Waals surface area contributed by atoms with E-state index in [2.05, 4.69) is 0 Å². The zero-order valence-corrected chi connectivity index (χ0v) is 6.44. The molecule has 1 aliphatic heterocycles. The van der Waals surface area contributed by atoms with Gasteiger partial charge in [0, 0.05) is 0 Å². The number of hydrogen-bond acceptors (Lipinski definition) is 1. The third-order valence-corrected chi connectivity index (χ3v) is 5.46. The van der Waals surface area contributed by atoms with Crippen LogP contribution in [0.15, 0.2) is 0 Å². The van der Waals surface area contributed by atoms with E-state index in [4.69, 9.17) is 4.74 Å². The standard InChI is InChI=1S/C10H12O/c1-2-4-5-3(1)6-8(5)7(4)10-9(6)11-10/h3-10H,1-2H2/t3-,4-,5?,6-,7+,8?,9-,10-/m1/s1. The van der Waals surface area contributed by atoms with Crippen LogP contribution in [0.4, 0.5) is 0 Å². The summed E-state index contributed by atoms with van der Waals surface area (Å²) in [5, 5.41) is 0. The van der Waals surface area contributed by atoms with Crippen LogP contribution in [0.5, 0.6) is 0 Å². The molecule has 11 heavy (non-hydrogen) atoms. The summed E-state index contributed by atoms with van der Waals surface area (Å²) in [6.45, 7) is 0. The molecule has 0 aromatic rings. The summed E-state index contributed by atoms with van der Waals surface area (Å²) in [5.41, 5.74) is 0. The van der Waals surface area contributed by atoms with Crippen LogP contribution in [0.2, 0.25) is 0 Å². The van der Waals surface area contributed by atoms with E-state index in [1.165, 1.54) is 11.8 Å². The van der Waals surface area contributed by atoms with Crippen molar-refractivity contribution in [3.05, 3.63) is 0 Å². The molecule has 1 heteroatoms. The monoisotopic (exact) mass is 148 g/mol. The Hall–Kier alpha value is -0.0400. The third-order valence-electron chi connectivity index (χ3n) is 5.46. The van der Waals surface area contributed by atoms with E-state index in [1.807, 2.05) is 0 Å². The summed E-state index contributed by atoms with van der Waals surface area (Å²) < 4.78 is 5.72. The van der Waals surface area contributed by atoms with E-state index in [1.54, 1.807) is 12.8 Å². The summed E-state index contributed by atoms with van der Waals surface area (Å²) in [7, 11) is 0. The third kappa shape index (κ3) is 0.286. The first kappa shape index (κ1) is 4.86. The van der Waals surface area contributed by atoms with Gasteiger partial charge in [-0.15, -0.1) is 0 Å². The van der Waals surface area contributed by atoms with Crippen molar-refractivity contribution < 1.29 is 4.74 Å². The average Bonchev–Trinajstić information content (AvgIpc) is 2.54. The lowest BCUT2D eigenvalue weighted by Gasteiger charge is -2.60. The molecule has 8 atom stereocenters. The van der Waals surface area contributed by atoms with E-state index >= 15 is 0 Å². The lowest BCUT2D eigenvalue weighted by Crippen LogP contribution is -2.59. The second-order valence-electron chi connectivity index (χ2n) is 5.28. The summed E-state index contributed by atoms with van der Waals surface area (Å²) in [5.74, 6) is 6.79. The SMILES string of the molecule is C1C[C@@H]2C3C4[C@H]([C@H]5O[C@@H]5[C@H]42)[C@H]13. The Bertz CT molecular complexity index is 227. The molecule has 0 spiro atoms. The molecule has 1 saturated heterocycles. The number of fused-ring (bicyclic) bond motifs is 5. The van der Waals surface area contributed by atoms with Gasteiger partial charge in [-0.25, -0.2) is 0 Å². The first-order valence-corrected chi connectivity index (χ1v) is 5.12.